The Kier molecular flexibility index (Phi) is 6.46. The lowest BCUT2D eigenvalue weighted by Gasteiger charge is -2.22. The monoisotopic (exact) mass is 265 g/mol. The number of rotatable bonds is 8. The maximum absolute atomic E-state index is 5.91. The second-order valence-electron chi connectivity index (χ2n) is 5.20. The minimum absolute atomic E-state index is 0.465. The lowest BCUT2D eigenvalue weighted by molar-refractivity contribution is 0.263. The Hall–Kier alpha value is -1.45. The molecule has 4 nitrogen and oxygen atoms in total. The van der Waals surface area contributed by atoms with E-state index < -0.39 is 0 Å². The topological polar surface area (TPSA) is 51.4 Å². The van der Waals surface area contributed by atoms with Gasteiger partial charge in [-0.25, -0.2) is 0 Å². The van der Waals surface area contributed by atoms with Gasteiger partial charge >= 0.3 is 0 Å². The van der Waals surface area contributed by atoms with Crippen LogP contribution >= 0.6 is 0 Å². The fourth-order valence-corrected chi connectivity index (χ4v) is 1.76. The van der Waals surface area contributed by atoms with Gasteiger partial charge in [-0.2, -0.15) is 4.98 Å². The first kappa shape index (κ1) is 15.6. The molecule has 1 heterocycles. The smallest absolute Gasteiger partial charge is 0.239 e. The predicted molar refractivity (Wildman–Crippen MR) is 81.8 cm³/mol. The molecule has 19 heavy (non-hydrogen) atoms. The van der Waals surface area contributed by atoms with Gasteiger partial charge in [-0.15, -0.1) is 0 Å². The summed E-state index contributed by atoms with van der Waals surface area (Å²) in [4.78, 5) is 6.80. The van der Waals surface area contributed by atoms with Crippen LogP contribution in [0.1, 0.15) is 40.5 Å². The van der Waals surface area contributed by atoms with Crippen molar-refractivity contribution in [2.24, 2.45) is 5.92 Å². The third kappa shape index (κ3) is 4.97. The molecule has 108 valence electrons. The highest BCUT2D eigenvalue weighted by molar-refractivity contribution is 5.54. The number of unbranched alkanes of at least 4 members (excludes halogenated alkanes) is 1. The molecule has 0 radical (unpaired) electrons. The van der Waals surface area contributed by atoms with Gasteiger partial charge in [-0.05, 0) is 31.4 Å². The molecule has 0 saturated heterocycles. The Labute approximate surface area is 117 Å². The number of pyridine rings is 1. The Bertz CT molecular complexity index is 380. The first-order chi connectivity index (χ1) is 9.08. The second-order valence-corrected chi connectivity index (χ2v) is 5.20. The summed E-state index contributed by atoms with van der Waals surface area (Å²) >= 11 is 0. The zero-order valence-electron chi connectivity index (χ0n) is 12.6. The summed E-state index contributed by atoms with van der Waals surface area (Å²) in [6, 6.07) is 3.85. The van der Waals surface area contributed by atoms with Crippen molar-refractivity contribution in [3.05, 3.63) is 12.1 Å². The van der Waals surface area contributed by atoms with Crippen molar-refractivity contribution in [3.8, 4) is 5.88 Å². The molecule has 4 heteroatoms. The largest absolute Gasteiger partial charge is 0.476 e. The van der Waals surface area contributed by atoms with E-state index in [1.165, 1.54) is 12.8 Å². The van der Waals surface area contributed by atoms with E-state index in [2.05, 4.69) is 37.6 Å². The summed E-state index contributed by atoms with van der Waals surface area (Å²) in [5.74, 6) is 1.97. The number of nitrogen functional groups attached to an aromatic ring is 1. The molecule has 2 N–H and O–H groups in total. The lowest BCUT2D eigenvalue weighted by Crippen LogP contribution is -2.25. The van der Waals surface area contributed by atoms with Crippen molar-refractivity contribution in [2.75, 3.05) is 30.3 Å². The van der Waals surface area contributed by atoms with Gasteiger partial charge in [-0.1, -0.05) is 27.2 Å². The molecule has 0 aliphatic heterocycles. The first-order valence-corrected chi connectivity index (χ1v) is 7.22. The van der Waals surface area contributed by atoms with E-state index in [0.29, 0.717) is 24.1 Å². The number of ether oxygens (including phenoxy) is 1. The quantitative estimate of drug-likeness (QED) is 0.783. The van der Waals surface area contributed by atoms with Crippen LogP contribution in [0.3, 0.4) is 0 Å². The van der Waals surface area contributed by atoms with Crippen LogP contribution in [-0.4, -0.2) is 24.7 Å². The summed E-state index contributed by atoms with van der Waals surface area (Å²) in [6.07, 6.45) is 2.35. The summed E-state index contributed by atoms with van der Waals surface area (Å²) < 4.78 is 5.68. The molecule has 0 fully saturated rings. The van der Waals surface area contributed by atoms with Crippen LogP contribution < -0.4 is 15.4 Å². The van der Waals surface area contributed by atoms with Crippen LogP contribution in [-0.2, 0) is 0 Å². The van der Waals surface area contributed by atoms with Crippen molar-refractivity contribution in [1.29, 1.82) is 0 Å². The molecule has 0 atom stereocenters. The molecular formula is C15H27N3O. The number of nitrogens with zero attached hydrogens (tertiary/aromatic N) is 2. The molecule has 0 bridgehead atoms. The van der Waals surface area contributed by atoms with E-state index in [1.807, 2.05) is 12.1 Å². The van der Waals surface area contributed by atoms with Crippen LogP contribution in [0.15, 0.2) is 12.1 Å². The minimum Gasteiger partial charge on any atom is -0.476 e. The number of hydrogen-bond acceptors (Lipinski definition) is 4. The van der Waals surface area contributed by atoms with Crippen molar-refractivity contribution >= 4 is 11.5 Å². The molecule has 0 saturated carbocycles. The number of aromatic nitrogens is 1. The van der Waals surface area contributed by atoms with Gasteiger partial charge in [0.25, 0.3) is 0 Å². The Morgan fingerprint density at radius 2 is 2.05 bits per heavy atom. The molecule has 0 spiro atoms. The van der Waals surface area contributed by atoms with Gasteiger partial charge in [0, 0.05) is 13.1 Å². The first-order valence-electron chi connectivity index (χ1n) is 7.22. The third-order valence-corrected chi connectivity index (χ3v) is 2.92. The SMILES string of the molecule is CCCCN(CC)c1ccc(N)c(OCC(C)C)n1. The van der Waals surface area contributed by atoms with Crippen molar-refractivity contribution < 1.29 is 4.74 Å². The van der Waals surface area contributed by atoms with E-state index in [1.54, 1.807) is 0 Å². The minimum atomic E-state index is 0.465. The highest BCUT2D eigenvalue weighted by Gasteiger charge is 2.10. The Morgan fingerprint density at radius 1 is 1.32 bits per heavy atom. The Morgan fingerprint density at radius 3 is 2.63 bits per heavy atom. The maximum Gasteiger partial charge on any atom is 0.239 e. The van der Waals surface area contributed by atoms with E-state index in [-0.39, 0.29) is 0 Å². The molecule has 1 aromatic heterocycles. The number of hydrogen-bond donors (Lipinski definition) is 1. The average Bonchev–Trinajstić information content (AvgIpc) is 2.39. The zero-order chi connectivity index (χ0) is 14.3. The number of nitrogens with two attached hydrogens (primary N) is 1. The van der Waals surface area contributed by atoms with E-state index in [4.69, 9.17) is 10.5 Å². The predicted octanol–water partition coefficient (Wildman–Crippen LogP) is 3.33. The van der Waals surface area contributed by atoms with Gasteiger partial charge in [0.05, 0.1) is 12.3 Å². The molecular weight excluding hydrogens is 238 g/mol. The van der Waals surface area contributed by atoms with Crippen LogP contribution in [0, 0.1) is 5.92 Å². The van der Waals surface area contributed by atoms with Crippen LogP contribution in [0.2, 0.25) is 0 Å². The average molecular weight is 265 g/mol. The molecule has 0 aromatic carbocycles. The summed E-state index contributed by atoms with van der Waals surface area (Å²) in [6.45, 7) is 11.2. The van der Waals surface area contributed by atoms with Crippen molar-refractivity contribution in [3.63, 3.8) is 0 Å². The van der Waals surface area contributed by atoms with E-state index in [9.17, 15) is 0 Å². The molecule has 1 rings (SSSR count). The highest BCUT2D eigenvalue weighted by atomic mass is 16.5. The van der Waals surface area contributed by atoms with Gasteiger partial charge in [0.1, 0.15) is 5.82 Å². The van der Waals surface area contributed by atoms with Crippen molar-refractivity contribution in [1.82, 2.24) is 4.98 Å². The van der Waals surface area contributed by atoms with Crippen LogP contribution in [0.4, 0.5) is 11.5 Å². The summed E-state index contributed by atoms with van der Waals surface area (Å²) in [5.41, 5.74) is 6.52. The lowest BCUT2D eigenvalue weighted by atomic mass is 10.2. The standard InChI is InChI=1S/C15H27N3O/c1-5-7-10-18(6-2)14-9-8-13(16)15(17-14)19-11-12(3)4/h8-9,12H,5-7,10-11,16H2,1-4H3. The zero-order valence-corrected chi connectivity index (χ0v) is 12.6. The molecule has 0 unspecified atom stereocenters. The third-order valence-electron chi connectivity index (χ3n) is 2.92. The molecule has 1 aromatic rings. The fraction of sp³-hybridized carbons (Fsp3) is 0.667. The van der Waals surface area contributed by atoms with Gasteiger partial charge in [0.2, 0.25) is 5.88 Å². The van der Waals surface area contributed by atoms with E-state index in [0.717, 1.165) is 18.9 Å². The van der Waals surface area contributed by atoms with E-state index >= 15 is 0 Å². The number of anilines is 2. The molecule has 0 amide bonds. The van der Waals surface area contributed by atoms with Gasteiger partial charge in [0.15, 0.2) is 0 Å². The normalized spacial score (nSPS) is 10.8. The van der Waals surface area contributed by atoms with Gasteiger partial charge in [-0.3, -0.25) is 0 Å². The molecule has 0 aliphatic carbocycles. The highest BCUT2D eigenvalue weighted by Crippen LogP contribution is 2.23. The fourth-order valence-electron chi connectivity index (χ4n) is 1.76. The summed E-state index contributed by atoms with van der Waals surface area (Å²) in [5, 5.41) is 0. The van der Waals surface area contributed by atoms with Gasteiger partial charge < -0.3 is 15.4 Å². The van der Waals surface area contributed by atoms with Crippen LogP contribution in [0.5, 0.6) is 5.88 Å². The summed E-state index contributed by atoms with van der Waals surface area (Å²) in [7, 11) is 0. The maximum atomic E-state index is 5.91. The Balaban J connectivity index is 2.80. The second kappa shape index (κ2) is 7.87. The van der Waals surface area contributed by atoms with Crippen molar-refractivity contribution in [2.45, 2.75) is 40.5 Å². The molecule has 0 aliphatic rings. The van der Waals surface area contributed by atoms with Crippen LogP contribution in [0.25, 0.3) is 0 Å².